The van der Waals surface area contributed by atoms with Crippen LogP contribution in [0.25, 0.3) is 0 Å². The Balaban J connectivity index is 1.81. The molecular weight excluding hydrogens is 284 g/mol. The molecule has 0 saturated heterocycles. The molecule has 116 valence electrons. The van der Waals surface area contributed by atoms with Crippen LogP contribution in [0.5, 0.6) is 11.5 Å². The molecule has 1 amide bonds. The molecule has 0 bridgehead atoms. The first-order chi connectivity index (χ1) is 10.7. The van der Waals surface area contributed by atoms with E-state index in [1.807, 2.05) is 32.0 Å². The van der Waals surface area contributed by atoms with Crippen LogP contribution in [0.1, 0.15) is 18.4 Å². The third kappa shape index (κ3) is 4.66. The van der Waals surface area contributed by atoms with Crippen LogP contribution in [0.4, 0.5) is 0 Å². The maximum atomic E-state index is 11.7. The summed E-state index contributed by atoms with van der Waals surface area (Å²) in [5.41, 5.74) is 2.37. The second kappa shape index (κ2) is 7.87. The van der Waals surface area contributed by atoms with E-state index < -0.39 is 0 Å². The molecule has 2 rings (SSSR count). The van der Waals surface area contributed by atoms with E-state index in [-0.39, 0.29) is 12.5 Å². The molecule has 22 heavy (non-hydrogen) atoms. The number of rotatable bonds is 7. The molecule has 0 spiro atoms. The van der Waals surface area contributed by atoms with Crippen LogP contribution >= 0.6 is 0 Å². The van der Waals surface area contributed by atoms with Crippen molar-refractivity contribution in [1.82, 2.24) is 5.43 Å². The maximum absolute atomic E-state index is 11.7. The number of furan rings is 1. The van der Waals surface area contributed by atoms with Gasteiger partial charge in [-0.2, -0.15) is 5.10 Å². The number of aryl methyl sites for hydroxylation is 1. The zero-order chi connectivity index (χ0) is 15.8. The van der Waals surface area contributed by atoms with Crippen LogP contribution in [-0.2, 0) is 4.79 Å². The monoisotopic (exact) mass is 302 g/mol. The largest absolute Gasteiger partial charge is 0.490 e. The number of hydrazone groups is 1. The van der Waals surface area contributed by atoms with Crippen molar-refractivity contribution in [2.24, 2.45) is 5.10 Å². The van der Waals surface area contributed by atoms with Crippen molar-refractivity contribution in [3.63, 3.8) is 0 Å². The van der Waals surface area contributed by atoms with Crippen molar-refractivity contribution in [1.29, 1.82) is 0 Å². The van der Waals surface area contributed by atoms with Crippen LogP contribution in [0, 0.1) is 6.92 Å². The van der Waals surface area contributed by atoms with Gasteiger partial charge in [0, 0.05) is 0 Å². The molecule has 1 N–H and O–H groups in total. The summed E-state index contributed by atoms with van der Waals surface area (Å²) in [6, 6.07) is 10.8. The van der Waals surface area contributed by atoms with E-state index in [1.165, 1.54) is 6.21 Å². The van der Waals surface area contributed by atoms with Crippen molar-refractivity contribution < 1.29 is 18.7 Å². The minimum absolute atomic E-state index is 0.154. The molecule has 0 fully saturated rings. The summed E-state index contributed by atoms with van der Waals surface area (Å²) in [7, 11) is 0. The number of amides is 1. The molecule has 0 saturated carbocycles. The lowest BCUT2D eigenvalue weighted by Gasteiger charge is -2.10. The summed E-state index contributed by atoms with van der Waals surface area (Å²) in [6.07, 6.45) is 1.43. The number of hydrogen-bond acceptors (Lipinski definition) is 5. The molecule has 0 aliphatic carbocycles. The summed E-state index contributed by atoms with van der Waals surface area (Å²) in [4.78, 5) is 11.7. The Morgan fingerprint density at radius 2 is 1.95 bits per heavy atom. The minimum atomic E-state index is -0.370. The molecule has 1 aromatic heterocycles. The van der Waals surface area contributed by atoms with Gasteiger partial charge in [0.25, 0.3) is 5.91 Å². The number of nitrogens with one attached hydrogen (secondary N) is 1. The lowest BCUT2D eigenvalue weighted by molar-refractivity contribution is -0.123. The fourth-order valence-corrected chi connectivity index (χ4v) is 1.71. The summed E-state index contributed by atoms with van der Waals surface area (Å²) in [5.74, 6) is 2.10. The molecule has 1 heterocycles. The van der Waals surface area contributed by atoms with Crippen LogP contribution in [-0.4, -0.2) is 25.3 Å². The van der Waals surface area contributed by atoms with Gasteiger partial charge in [-0.05, 0) is 38.1 Å². The number of ether oxygens (including phenoxy) is 2. The first-order valence-electron chi connectivity index (χ1n) is 6.92. The summed E-state index contributed by atoms with van der Waals surface area (Å²) in [5, 5.41) is 3.80. The van der Waals surface area contributed by atoms with Crippen molar-refractivity contribution in [2.45, 2.75) is 13.8 Å². The molecule has 6 nitrogen and oxygen atoms in total. The number of para-hydroxylation sites is 2. The molecule has 0 atom stereocenters. The van der Waals surface area contributed by atoms with Gasteiger partial charge in [0.1, 0.15) is 11.5 Å². The van der Waals surface area contributed by atoms with Gasteiger partial charge in [0.2, 0.25) is 0 Å². The predicted octanol–water partition coefficient (Wildman–Crippen LogP) is 2.52. The highest BCUT2D eigenvalue weighted by Gasteiger charge is 2.06. The van der Waals surface area contributed by atoms with E-state index in [4.69, 9.17) is 13.9 Å². The Labute approximate surface area is 128 Å². The van der Waals surface area contributed by atoms with Gasteiger partial charge in [0.15, 0.2) is 18.1 Å². The van der Waals surface area contributed by atoms with Crippen molar-refractivity contribution in [2.75, 3.05) is 13.2 Å². The normalized spacial score (nSPS) is 10.6. The molecule has 0 aliphatic rings. The van der Waals surface area contributed by atoms with Crippen LogP contribution in [0.15, 0.2) is 45.9 Å². The zero-order valence-corrected chi connectivity index (χ0v) is 12.5. The first kappa shape index (κ1) is 15.6. The molecular formula is C16H18N2O4. The Morgan fingerprint density at radius 3 is 2.59 bits per heavy atom. The number of hydrogen-bond donors (Lipinski definition) is 1. The summed E-state index contributed by atoms with van der Waals surface area (Å²) in [6.45, 7) is 4.09. The topological polar surface area (TPSA) is 73.1 Å². The highest BCUT2D eigenvalue weighted by Crippen LogP contribution is 2.26. The highest BCUT2D eigenvalue weighted by molar-refractivity contribution is 5.81. The third-order valence-corrected chi connectivity index (χ3v) is 2.65. The third-order valence-electron chi connectivity index (χ3n) is 2.65. The second-order valence-corrected chi connectivity index (χ2v) is 4.41. The number of nitrogens with zero attached hydrogens (tertiary/aromatic N) is 1. The smallest absolute Gasteiger partial charge is 0.277 e. The second-order valence-electron chi connectivity index (χ2n) is 4.41. The van der Waals surface area contributed by atoms with E-state index >= 15 is 0 Å². The molecule has 1 aromatic carbocycles. The average Bonchev–Trinajstić information content (AvgIpc) is 2.92. The number of benzene rings is 1. The molecule has 2 aromatic rings. The van der Waals surface area contributed by atoms with Crippen LogP contribution in [0.2, 0.25) is 0 Å². The van der Waals surface area contributed by atoms with E-state index in [2.05, 4.69) is 10.5 Å². The van der Waals surface area contributed by atoms with Gasteiger partial charge >= 0.3 is 0 Å². The van der Waals surface area contributed by atoms with Gasteiger partial charge < -0.3 is 13.9 Å². The average molecular weight is 302 g/mol. The standard InChI is InChI=1S/C16H18N2O4/c1-3-20-14-6-4-5-7-15(14)21-11-16(19)18-17-10-13-9-8-12(2)22-13/h4-10H,3,11H2,1-2H3,(H,18,19). The van der Waals surface area contributed by atoms with E-state index in [0.717, 1.165) is 5.76 Å². The summed E-state index contributed by atoms with van der Waals surface area (Å²) < 4.78 is 16.1. The summed E-state index contributed by atoms with van der Waals surface area (Å²) >= 11 is 0. The van der Waals surface area contributed by atoms with E-state index in [0.29, 0.717) is 23.9 Å². The molecule has 0 unspecified atom stereocenters. The number of carbonyl (C=O) groups excluding carboxylic acids is 1. The fraction of sp³-hybridized carbons (Fsp3) is 0.250. The maximum Gasteiger partial charge on any atom is 0.277 e. The van der Waals surface area contributed by atoms with Gasteiger partial charge in [-0.3, -0.25) is 4.79 Å². The number of carbonyl (C=O) groups is 1. The van der Waals surface area contributed by atoms with E-state index in [9.17, 15) is 4.79 Å². The Hall–Kier alpha value is -2.76. The van der Waals surface area contributed by atoms with E-state index in [1.54, 1.807) is 18.2 Å². The van der Waals surface area contributed by atoms with Crippen molar-refractivity contribution >= 4 is 12.1 Å². The molecule has 6 heteroatoms. The fourth-order valence-electron chi connectivity index (χ4n) is 1.71. The van der Waals surface area contributed by atoms with Crippen LogP contribution < -0.4 is 14.9 Å². The van der Waals surface area contributed by atoms with Crippen LogP contribution in [0.3, 0.4) is 0 Å². The van der Waals surface area contributed by atoms with Gasteiger partial charge in [-0.1, -0.05) is 12.1 Å². The van der Waals surface area contributed by atoms with Gasteiger partial charge in [0.05, 0.1) is 12.8 Å². The first-order valence-corrected chi connectivity index (χ1v) is 6.92. The SMILES string of the molecule is CCOc1ccccc1OCC(=O)NN=Cc1ccc(C)o1. The Kier molecular flexibility index (Phi) is 5.59. The lowest BCUT2D eigenvalue weighted by Crippen LogP contribution is -2.24. The lowest BCUT2D eigenvalue weighted by atomic mass is 10.3. The Bertz CT molecular complexity index is 649. The van der Waals surface area contributed by atoms with Crippen molar-refractivity contribution in [3.05, 3.63) is 47.9 Å². The van der Waals surface area contributed by atoms with Gasteiger partial charge in [-0.15, -0.1) is 0 Å². The Morgan fingerprint density at radius 1 is 1.23 bits per heavy atom. The molecule has 0 aliphatic heterocycles. The van der Waals surface area contributed by atoms with Crippen molar-refractivity contribution in [3.8, 4) is 11.5 Å². The van der Waals surface area contributed by atoms with Gasteiger partial charge in [-0.25, -0.2) is 5.43 Å². The zero-order valence-electron chi connectivity index (χ0n) is 12.5. The quantitative estimate of drug-likeness (QED) is 0.630. The predicted molar refractivity (Wildman–Crippen MR) is 82.3 cm³/mol. The highest BCUT2D eigenvalue weighted by atomic mass is 16.5. The minimum Gasteiger partial charge on any atom is -0.490 e. The molecule has 0 radical (unpaired) electrons.